The van der Waals surface area contributed by atoms with Gasteiger partial charge < -0.3 is 15.7 Å². The Hall–Kier alpha value is -2.63. The molecule has 21 heavy (non-hydrogen) atoms. The third-order valence-corrected chi connectivity index (χ3v) is 3.19. The van der Waals surface area contributed by atoms with Crippen LogP contribution in [-0.2, 0) is 4.79 Å². The lowest BCUT2D eigenvalue weighted by Gasteiger charge is -2.26. The molecule has 6 heteroatoms. The number of anilines is 1. The number of fused-ring (bicyclic) bond motifs is 1. The number of benzene rings is 1. The van der Waals surface area contributed by atoms with Crippen LogP contribution in [0.2, 0.25) is 0 Å². The zero-order chi connectivity index (χ0) is 15.6. The zero-order valence-corrected chi connectivity index (χ0v) is 11.9. The SMILES string of the molecule is CC(C)N(CC(N)=O)c1ccc2c(C(=O)O)cccc2n1. The Morgan fingerprint density at radius 1 is 1.29 bits per heavy atom. The van der Waals surface area contributed by atoms with Gasteiger partial charge in [-0.25, -0.2) is 9.78 Å². The number of aromatic carboxylic acids is 1. The maximum atomic E-state index is 11.2. The van der Waals surface area contributed by atoms with E-state index in [4.69, 9.17) is 10.8 Å². The van der Waals surface area contributed by atoms with E-state index in [-0.39, 0.29) is 18.2 Å². The summed E-state index contributed by atoms with van der Waals surface area (Å²) in [6.07, 6.45) is 0. The molecule has 0 atom stereocenters. The van der Waals surface area contributed by atoms with Crippen LogP contribution in [0.3, 0.4) is 0 Å². The lowest BCUT2D eigenvalue weighted by atomic mass is 10.1. The van der Waals surface area contributed by atoms with Gasteiger partial charge in [0.1, 0.15) is 5.82 Å². The Balaban J connectivity index is 2.52. The minimum absolute atomic E-state index is 0.0464. The highest BCUT2D eigenvalue weighted by Crippen LogP contribution is 2.22. The van der Waals surface area contributed by atoms with Crippen LogP contribution in [0, 0.1) is 0 Å². The van der Waals surface area contributed by atoms with Gasteiger partial charge in [-0.05, 0) is 38.1 Å². The lowest BCUT2D eigenvalue weighted by molar-refractivity contribution is -0.116. The third kappa shape index (κ3) is 3.10. The molecular weight excluding hydrogens is 270 g/mol. The van der Waals surface area contributed by atoms with Gasteiger partial charge in [-0.1, -0.05) is 6.07 Å². The molecule has 0 radical (unpaired) electrons. The molecule has 0 aliphatic rings. The van der Waals surface area contributed by atoms with Gasteiger partial charge in [0.25, 0.3) is 0 Å². The minimum Gasteiger partial charge on any atom is -0.478 e. The number of rotatable bonds is 5. The molecule has 0 aliphatic carbocycles. The van der Waals surface area contributed by atoms with Crippen LogP contribution in [-0.4, -0.2) is 34.6 Å². The van der Waals surface area contributed by atoms with Crippen molar-refractivity contribution in [2.75, 3.05) is 11.4 Å². The number of carbonyl (C=O) groups excluding carboxylic acids is 1. The van der Waals surface area contributed by atoms with Gasteiger partial charge in [0.05, 0.1) is 17.6 Å². The smallest absolute Gasteiger partial charge is 0.336 e. The molecule has 110 valence electrons. The summed E-state index contributed by atoms with van der Waals surface area (Å²) >= 11 is 0. The van der Waals surface area contributed by atoms with Crippen molar-refractivity contribution in [2.45, 2.75) is 19.9 Å². The fourth-order valence-corrected chi connectivity index (χ4v) is 2.19. The van der Waals surface area contributed by atoms with Crippen molar-refractivity contribution in [3.8, 4) is 0 Å². The standard InChI is InChI=1S/C15H17N3O3/c1-9(2)18(8-13(16)19)14-7-6-10-11(15(20)21)4-3-5-12(10)17-14/h3-7,9H,8H2,1-2H3,(H2,16,19)(H,20,21). The van der Waals surface area contributed by atoms with E-state index in [9.17, 15) is 9.59 Å². The number of nitrogens with two attached hydrogens (primary N) is 1. The molecule has 0 saturated heterocycles. The molecule has 1 heterocycles. The molecule has 0 unspecified atom stereocenters. The zero-order valence-electron chi connectivity index (χ0n) is 11.9. The van der Waals surface area contributed by atoms with Crippen LogP contribution in [0.1, 0.15) is 24.2 Å². The lowest BCUT2D eigenvalue weighted by Crippen LogP contribution is -2.39. The van der Waals surface area contributed by atoms with Crippen molar-refractivity contribution in [3.63, 3.8) is 0 Å². The van der Waals surface area contributed by atoms with Crippen molar-refractivity contribution < 1.29 is 14.7 Å². The first-order valence-electron chi connectivity index (χ1n) is 6.58. The highest BCUT2D eigenvalue weighted by molar-refractivity contribution is 6.02. The van der Waals surface area contributed by atoms with Crippen molar-refractivity contribution in [2.24, 2.45) is 5.73 Å². The summed E-state index contributed by atoms with van der Waals surface area (Å²) in [5.74, 6) is -0.836. The quantitative estimate of drug-likeness (QED) is 0.871. The van der Waals surface area contributed by atoms with Crippen molar-refractivity contribution in [3.05, 3.63) is 35.9 Å². The molecule has 1 aromatic heterocycles. The third-order valence-electron chi connectivity index (χ3n) is 3.19. The molecule has 6 nitrogen and oxygen atoms in total. The number of primary amides is 1. The predicted octanol–water partition coefficient (Wildman–Crippen LogP) is 1.63. The Kier molecular flexibility index (Phi) is 4.07. The van der Waals surface area contributed by atoms with Gasteiger partial charge in [-0.3, -0.25) is 4.79 Å². The fraction of sp³-hybridized carbons (Fsp3) is 0.267. The summed E-state index contributed by atoms with van der Waals surface area (Å²) in [7, 11) is 0. The molecule has 2 aromatic rings. The van der Waals surface area contributed by atoms with Crippen LogP contribution in [0.15, 0.2) is 30.3 Å². The number of carboxylic acids is 1. The van der Waals surface area contributed by atoms with Crippen LogP contribution in [0.25, 0.3) is 10.9 Å². The molecule has 3 N–H and O–H groups in total. The minimum atomic E-state index is -0.993. The summed E-state index contributed by atoms with van der Waals surface area (Å²) in [6, 6.07) is 8.39. The molecular formula is C15H17N3O3. The first-order chi connectivity index (χ1) is 9.90. The van der Waals surface area contributed by atoms with Gasteiger partial charge in [0.15, 0.2) is 0 Å². The van der Waals surface area contributed by atoms with Gasteiger partial charge >= 0.3 is 5.97 Å². The Morgan fingerprint density at radius 3 is 2.57 bits per heavy atom. The average Bonchev–Trinajstić information content (AvgIpc) is 2.42. The summed E-state index contributed by atoms with van der Waals surface area (Å²) in [4.78, 5) is 28.6. The number of carboxylic acid groups (broad SMARTS) is 1. The molecule has 1 aromatic carbocycles. The van der Waals surface area contributed by atoms with E-state index in [1.54, 1.807) is 29.2 Å². The summed E-state index contributed by atoms with van der Waals surface area (Å²) in [6.45, 7) is 3.93. The second-order valence-electron chi connectivity index (χ2n) is 5.03. The largest absolute Gasteiger partial charge is 0.478 e. The molecule has 0 bridgehead atoms. The van der Waals surface area contributed by atoms with E-state index in [1.807, 2.05) is 13.8 Å². The highest BCUT2D eigenvalue weighted by Gasteiger charge is 2.16. The number of hydrogen-bond acceptors (Lipinski definition) is 4. The number of hydrogen-bond donors (Lipinski definition) is 2. The second-order valence-corrected chi connectivity index (χ2v) is 5.03. The van der Waals surface area contributed by atoms with E-state index in [0.29, 0.717) is 16.7 Å². The Morgan fingerprint density at radius 2 is 2.00 bits per heavy atom. The molecule has 1 amide bonds. The Bertz CT molecular complexity index is 698. The Labute approximate surface area is 122 Å². The van der Waals surface area contributed by atoms with Gasteiger partial charge in [-0.2, -0.15) is 0 Å². The molecule has 0 saturated carbocycles. The predicted molar refractivity (Wildman–Crippen MR) is 80.4 cm³/mol. The fourth-order valence-electron chi connectivity index (χ4n) is 2.19. The number of aromatic nitrogens is 1. The van der Waals surface area contributed by atoms with E-state index in [2.05, 4.69) is 4.98 Å². The van der Waals surface area contributed by atoms with E-state index in [0.717, 1.165) is 0 Å². The average molecular weight is 287 g/mol. The number of amides is 1. The molecule has 0 aliphatic heterocycles. The number of nitrogens with zero attached hydrogens (tertiary/aromatic N) is 2. The van der Waals surface area contributed by atoms with Crippen molar-refractivity contribution in [1.82, 2.24) is 4.98 Å². The summed E-state index contributed by atoms with van der Waals surface area (Å²) < 4.78 is 0. The van der Waals surface area contributed by atoms with Crippen molar-refractivity contribution in [1.29, 1.82) is 0 Å². The van der Waals surface area contributed by atoms with Crippen LogP contribution < -0.4 is 10.6 Å². The van der Waals surface area contributed by atoms with E-state index >= 15 is 0 Å². The topological polar surface area (TPSA) is 96.5 Å². The second kappa shape index (κ2) is 5.78. The maximum Gasteiger partial charge on any atom is 0.336 e. The van der Waals surface area contributed by atoms with Gasteiger partial charge in [0.2, 0.25) is 5.91 Å². The molecule has 2 rings (SSSR count). The molecule has 0 fully saturated rings. The van der Waals surface area contributed by atoms with Crippen LogP contribution in [0.5, 0.6) is 0 Å². The van der Waals surface area contributed by atoms with Crippen molar-refractivity contribution >= 4 is 28.6 Å². The first kappa shape index (κ1) is 14.8. The van der Waals surface area contributed by atoms with E-state index < -0.39 is 11.9 Å². The summed E-state index contributed by atoms with van der Waals surface area (Å²) in [5.41, 5.74) is 6.04. The number of carbonyl (C=O) groups is 2. The van der Waals surface area contributed by atoms with E-state index in [1.165, 1.54) is 6.07 Å². The first-order valence-corrected chi connectivity index (χ1v) is 6.58. The van der Waals surface area contributed by atoms with Crippen LogP contribution in [0.4, 0.5) is 5.82 Å². The van der Waals surface area contributed by atoms with Gasteiger partial charge in [0, 0.05) is 11.4 Å². The van der Waals surface area contributed by atoms with Crippen LogP contribution >= 0.6 is 0 Å². The van der Waals surface area contributed by atoms with Gasteiger partial charge in [-0.15, -0.1) is 0 Å². The number of pyridine rings is 1. The maximum absolute atomic E-state index is 11.2. The normalized spacial score (nSPS) is 10.8. The monoisotopic (exact) mass is 287 g/mol. The highest BCUT2D eigenvalue weighted by atomic mass is 16.4. The summed E-state index contributed by atoms with van der Waals surface area (Å²) in [5, 5.41) is 9.74. The molecule has 0 spiro atoms.